The fraction of sp³-hybridized carbons (Fsp3) is 0.278. The molecule has 0 saturated heterocycles. The molecule has 0 aliphatic carbocycles. The lowest BCUT2D eigenvalue weighted by molar-refractivity contribution is 0.0962. The van der Waals surface area contributed by atoms with Gasteiger partial charge in [-0.25, -0.2) is 8.42 Å². The quantitative estimate of drug-likeness (QED) is 0.843. The van der Waals surface area contributed by atoms with E-state index in [1.54, 1.807) is 49.5 Å². The highest BCUT2D eigenvalue weighted by Gasteiger charge is 2.19. The minimum atomic E-state index is -3.37. The fourth-order valence-corrected chi connectivity index (χ4v) is 4.04. The molecule has 128 valence electrons. The third-order valence-electron chi connectivity index (χ3n) is 3.78. The lowest BCUT2D eigenvalue weighted by atomic mass is 10.1. The minimum Gasteiger partial charge on any atom is -0.381 e. The SMILES string of the molecule is CNC(=O)c1cccc(NC(C)CS(=O)(=O)c2ccccc2)c1C. The number of sulfone groups is 1. The Morgan fingerprint density at radius 2 is 1.75 bits per heavy atom. The van der Waals surface area contributed by atoms with Crippen LogP contribution in [0.5, 0.6) is 0 Å². The Kier molecular flexibility index (Phi) is 5.62. The van der Waals surface area contributed by atoms with Gasteiger partial charge in [0.05, 0.1) is 10.6 Å². The van der Waals surface area contributed by atoms with Gasteiger partial charge >= 0.3 is 0 Å². The van der Waals surface area contributed by atoms with Crippen molar-refractivity contribution in [1.29, 1.82) is 0 Å². The van der Waals surface area contributed by atoms with Gasteiger partial charge in [0.2, 0.25) is 0 Å². The van der Waals surface area contributed by atoms with Crippen molar-refractivity contribution in [3.05, 3.63) is 59.7 Å². The van der Waals surface area contributed by atoms with E-state index >= 15 is 0 Å². The molecule has 1 amide bonds. The average Bonchev–Trinajstić information content (AvgIpc) is 2.56. The van der Waals surface area contributed by atoms with Crippen molar-refractivity contribution < 1.29 is 13.2 Å². The lowest BCUT2D eigenvalue weighted by Gasteiger charge is -2.18. The molecule has 0 aliphatic heterocycles. The molecule has 0 saturated carbocycles. The van der Waals surface area contributed by atoms with Gasteiger partial charge in [0.25, 0.3) is 5.91 Å². The van der Waals surface area contributed by atoms with E-state index in [-0.39, 0.29) is 17.7 Å². The summed E-state index contributed by atoms with van der Waals surface area (Å²) in [5.41, 5.74) is 2.12. The Labute approximate surface area is 143 Å². The van der Waals surface area contributed by atoms with Crippen molar-refractivity contribution in [2.24, 2.45) is 0 Å². The van der Waals surface area contributed by atoms with E-state index in [4.69, 9.17) is 0 Å². The number of benzene rings is 2. The van der Waals surface area contributed by atoms with Crippen molar-refractivity contribution in [1.82, 2.24) is 5.32 Å². The summed E-state index contributed by atoms with van der Waals surface area (Å²) in [5, 5.41) is 5.80. The summed E-state index contributed by atoms with van der Waals surface area (Å²) in [6.07, 6.45) is 0. The summed E-state index contributed by atoms with van der Waals surface area (Å²) in [6.45, 7) is 3.65. The van der Waals surface area contributed by atoms with Gasteiger partial charge in [-0.1, -0.05) is 24.3 Å². The number of hydrogen-bond donors (Lipinski definition) is 2. The maximum Gasteiger partial charge on any atom is 0.251 e. The molecule has 24 heavy (non-hydrogen) atoms. The average molecular weight is 346 g/mol. The second-order valence-electron chi connectivity index (χ2n) is 5.70. The zero-order valence-corrected chi connectivity index (χ0v) is 14.9. The summed E-state index contributed by atoms with van der Waals surface area (Å²) >= 11 is 0. The summed E-state index contributed by atoms with van der Waals surface area (Å²) in [7, 11) is -1.79. The molecule has 2 aromatic carbocycles. The zero-order valence-electron chi connectivity index (χ0n) is 14.0. The monoisotopic (exact) mass is 346 g/mol. The van der Waals surface area contributed by atoms with Gasteiger partial charge in [-0.2, -0.15) is 0 Å². The van der Waals surface area contributed by atoms with Crippen LogP contribution in [-0.2, 0) is 9.84 Å². The highest BCUT2D eigenvalue weighted by molar-refractivity contribution is 7.91. The van der Waals surface area contributed by atoms with Crippen LogP contribution in [0, 0.1) is 6.92 Å². The number of hydrogen-bond acceptors (Lipinski definition) is 4. The Balaban J connectivity index is 2.16. The van der Waals surface area contributed by atoms with Crippen LogP contribution in [0.15, 0.2) is 53.4 Å². The molecule has 0 bridgehead atoms. The molecule has 6 heteroatoms. The van der Waals surface area contributed by atoms with E-state index in [1.807, 2.05) is 19.9 Å². The van der Waals surface area contributed by atoms with Gasteiger partial charge in [-0.3, -0.25) is 4.79 Å². The predicted octanol–water partition coefficient (Wildman–Crippen LogP) is 2.63. The highest BCUT2D eigenvalue weighted by atomic mass is 32.2. The van der Waals surface area contributed by atoms with Gasteiger partial charge in [0.15, 0.2) is 9.84 Å². The molecule has 0 spiro atoms. The molecule has 0 fully saturated rings. The lowest BCUT2D eigenvalue weighted by Crippen LogP contribution is -2.27. The normalized spacial score (nSPS) is 12.5. The molecular weight excluding hydrogens is 324 g/mol. The zero-order chi connectivity index (χ0) is 17.7. The first-order valence-corrected chi connectivity index (χ1v) is 9.36. The van der Waals surface area contributed by atoms with Crippen LogP contribution in [0.3, 0.4) is 0 Å². The van der Waals surface area contributed by atoms with E-state index < -0.39 is 9.84 Å². The molecule has 5 nitrogen and oxygen atoms in total. The van der Waals surface area contributed by atoms with E-state index in [1.165, 1.54) is 0 Å². The molecule has 1 unspecified atom stereocenters. The summed E-state index contributed by atoms with van der Waals surface area (Å²) in [6, 6.07) is 13.5. The van der Waals surface area contributed by atoms with Crippen molar-refractivity contribution in [2.45, 2.75) is 24.8 Å². The van der Waals surface area contributed by atoms with Crippen LogP contribution < -0.4 is 10.6 Å². The van der Waals surface area contributed by atoms with Crippen LogP contribution in [-0.4, -0.2) is 33.2 Å². The van der Waals surface area contributed by atoms with Crippen LogP contribution in [0.2, 0.25) is 0 Å². The van der Waals surface area contributed by atoms with Crippen LogP contribution in [0.25, 0.3) is 0 Å². The predicted molar refractivity (Wildman–Crippen MR) is 96.1 cm³/mol. The molecule has 0 radical (unpaired) electrons. The van der Waals surface area contributed by atoms with E-state index in [0.717, 1.165) is 11.3 Å². The van der Waals surface area contributed by atoms with E-state index in [0.29, 0.717) is 10.5 Å². The molecule has 2 N–H and O–H groups in total. The first kappa shape index (κ1) is 18.0. The van der Waals surface area contributed by atoms with Crippen molar-refractivity contribution in [3.8, 4) is 0 Å². The third kappa shape index (κ3) is 4.14. The number of carbonyl (C=O) groups excluding carboxylic acids is 1. The largest absolute Gasteiger partial charge is 0.381 e. The van der Waals surface area contributed by atoms with Crippen LogP contribution in [0.1, 0.15) is 22.8 Å². The second-order valence-corrected chi connectivity index (χ2v) is 7.73. The molecule has 0 heterocycles. The Morgan fingerprint density at radius 3 is 2.38 bits per heavy atom. The minimum absolute atomic E-state index is 0.0271. The van der Waals surface area contributed by atoms with Gasteiger partial charge in [0, 0.05) is 24.3 Å². The molecule has 1 atom stereocenters. The smallest absolute Gasteiger partial charge is 0.251 e. The van der Waals surface area contributed by atoms with Gasteiger partial charge < -0.3 is 10.6 Å². The first-order valence-electron chi connectivity index (χ1n) is 7.71. The molecule has 2 aromatic rings. The molecule has 0 aromatic heterocycles. The summed E-state index contributed by atoms with van der Waals surface area (Å²) < 4.78 is 24.9. The second kappa shape index (κ2) is 7.49. The Hall–Kier alpha value is -2.34. The number of carbonyl (C=O) groups is 1. The van der Waals surface area contributed by atoms with E-state index in [2.05, 4.69) is 10.6 Å². The Morgan fingerprint density at radius 1 is 1.08 bits per heavy atom. The maximum absolute atomic E-state index is 12.4. The summed E-state index contributed by atoms with van der Waals surface area (Å²) in [4.78, 5) is 12.2. The van der Waals surface area contributed by atoms with Gasteiger partial charge in [-0.05, 0) is 43.7 Å². The molecule has 0 aliphatic rings. The first-order chi connectivity index (χ1) is 11.3. The maximum atomic E-state index is 12.4. The van der Waals surface area contributed by atoms with E-state index in [9.17, 15) is 13.2 Å². The number of rotatable bonds is 6. The van der Waals surface area contributed by atoms with Crippen molar-refractivity contribution in [3.63, 3.8) is 0 Å². The topological polar surface area (TPSA) is 75.3 Å². The standard InChI is InChI=1S/C18H22N2O3S/c1-13(12-24(22,23)15-8-5-4-6-9-15)20-17-11-7-10-16(14(17)2)18(21)19-3/h4-11,13,20H,12H2,1-3H3,(H,19,21). The van der Waals surface area contributed by atoms with Crippen LogP contribution in [0.4, 0.5) is 5.69 Å². The van der Waals surface area contributed by atoms with Gasteiger partial charge in [0.1, 0.15) is 0 Å². The molecular formula is C18H22N2O3S. The number of amides is 1. The van der Waals surface area contributed by atoms with Crippen molar-refractivity contribution in [2.75, 3.05) is 18.1 Å². The van der Waals surface area contributed by atoms with Crippen LogP contribution >= 0.6 is 0 Å². The molecule has 2 rings (SSSR count). The summed E-state index contributed by atoms with van der Waals surface area (Å²) in [5.74, 6) is -0.193. The van der Waals surface area contributed by atoms with Gasteiger partial charge in [-0.15, -0.1) is 0 Å². The highest BCUT2D eigenvalue weighted by Crippen LogP contribution is 2.21. The number of anilines is 1. The number of nitrogens with one attached hydrogen (secondary N) is 2. The Bertz CT molecular complexity index is 817. The van der Waals surface area contributed by atoms with Crippen molar-refractivity contribution >= 4 is 21.4 Å². The third-order valence-corrected chi connectivity index (χ3v) is 5.71. The fourth-order valence-electron chi connectivity index (χ4n) is 2.53.